The molecule has 1 heterocycles. The Labute approximate surface area is 123 Å². The van der Waals surface area contributed by atoms with E-state index in [0.717, 1.165) is 12.1 Å². The molecule has 0 saturated heterocycles. The van der Waals surface area contributed by atoms with Crippen LogP contribution in [0.1, 0.15) is 24.6 Å². The van der Waals surface area contributed by atoms with Crippen LogP contribution in [-0.4, -0.2) is 21.8 Å². The highest BCUT2D eigenvalue weighted by molar-refractivity contribution is 6.27. The molecule has 108 valence electrons. The Bertz CT molecular complexity index is 668. The van der Waals surface area contributed by atoms with E-state index in [1.165, 1.54) is 6.08 Å². The van der Waals surface area contributed by atoms with E-state index < -0.39 is 11.8 Å². The maximum absolute atomic E-state index is 12.4. The summed E-state index contributed by atoms with van der Waals surface area (Å²) in [6.07, 6.45) is 9.26. The first-order valence-electron chi connectivity index (χ1n) is 6.78. The number of ketones is 1. The third kappa shape index (κ3) is 3.75. The summed E-state index contributed by atoms with van der Waals surface area (Å²) in [6.45, 7) is 3.81. The van der Waals surface area contributed by atoms with Crippen molar-refractivity contribution in [2.75, 3.05) is 0 Å². The molecule has 0 radical (unpaired) electrons. The van der Waals surface area contributed by atoms with Gasteiger partial charge in [-0.3, -0.25) is 9.78 Å². The highest BCUT2D eigenvalue weighted by Crippen LogP contribution is 2.20. The Morgan fingerprint density at radius 3 is 2.81 bits per heavy atom. The van der Waals surface area contributed by atoms with Crippen molar-refractivity contribution in [1.82, 2.24) is 4.98 Å². The van der Waals surface area contributed by atoms with Gasteiger partial charge in [-0.25, -0.2) is 4.79 Å². The summed E-state index contributed by atoms with van der Waals surface area (Å²) in [5.74, 6) is -1.44. The number of aromatic nitrogens is 1. The number of hydrogen-bond acceptors (Lipinski definition) is 3. The Balaban J connectivity index is 2.38. The van der Waals surface area contributed by atoms with E-state index in [1.807, 2.05) is 26.0 Å². The molecule has 4 nitrogen and oxygen atoms in total. The Hall–Kier alpha value is -2.49. The first-order valence-corrected chi connectivity index (χ1v) is 6.78. The van der Waals surface area contributed by atoms with Crippen molar-refractivity contribution in [2.45, 2.75) is 20.3 Å². The molecule has 4 heteroatoms. The molecule has 2 rings (SSSR count). The largest absolute Gasteiger partial charge is 0.478 e. The van der Waals surface area contributed by atoms with Crippen molar-refractivity contribution in [3.05, 3.63) is 59.0 Å². The van der Waals surface area contributed by atoms with Crippen LogP contribution in [0.3, 0.4) is 0 Å². The topological polar surface area (TPSA) is 67.3 Å². The van der Waals surface area contributed by atoms with Crippen molar-refractivity contribution in [1.29, 1.82) is 0 Å². The number of pyridine rings is 1. The van der Waals surface area contributed by atoms with Crippen LogP contribution >= 0.6 is 0 Å². The second kappa shape index (κ2) is 6.31. The molecule has 0 bridgehead atoms. The predicted molar refractivity (Wildman–Crippen MR) is 80.6 cm³/mol. The molecule has 0 amide bonds. The van der Waals surface area contributed by atoms with Crippen LogP contribution in [0.2, 0.25) is 0 Å². The highest BCUT2D eigenvalue weighted by Gasteiger charge is 2.21. The number of carboxylic acids is 1. The third-order valence-corrected chi connectivity index (χ3v) is 3.24. The highest BCUT2D eigenvalue weighted by atomic mass is 16.4. The van der Waals surface area contributed by atoms with E-state index in [0.29, 0.717) is 11.1 Å². The molecule has 0 fully saturated rings. The van der Waals surface area contributed by atoms with Gasteiger partial charge >= 0.3 is 5.97 Å². The van der Waals surface area contributed by atoms with Gasteiger partial charge in [0.1, 0.15) is 5.57 Å². The Kier molecular flexibility index (Phi) is 4.48. The van der Waals surface area contributed by atoms with Gasteiger partial charge in [-0.2, -0.15) is 0 Å². The maximum atomic E-state index is 12.4. The fourth-order valence-corrected chi connectivity index (χ4v) is 2.19. The molecule has 1 aromatic heterocycles. The van der Waals surface area contributed by atoms with E-state index in [9.17, 15) is 14.7 Å². The Morgan fingerprint density at radius 1 is 1.43 bits per heavy atom. The molecular formula is C17H17NO3. The smallest absolute Gasteiger partial charge is 0.339 e. The molecule has 0 saturated carbocycles. The lowest BCUT2D eigenvalue weighted by atomic mass is 9.92. The average molecular weight is 283 g/mol. The number of aliphatic carboxylic acids is 1. The number of aryl methyl sites for hydroxylation is 1. The zero-order chi connectivity index (χ0) is 15.4. The van der Waals surface area contributed by atoms with Gasteiger partial charge in [0.2, 0.25) is 0 Å². The molecule has 1 aliphatic rings. The molecule has 1 unspecified atom stereocenters. The number of Topliss-reactive ketones (excluding diaryl/α,β-unsaturated/α-hetero) is 1. The molecule has 1 atom stereocenters. The van der Waals surface area contributed by atoms with Crippen LogP contribution in [0.5, 0.6) is 0 Å². The van der Waals surface area contributed by atoms with Gasteiger partial charge in [-0.05, 0) is 43.0 Å². The van der Waals surface area contributed by atoms with Crippen LogP contribution in [0.15, 0.2) is 47.7 Å². The lowest BCUT2D eigenvalue weighted by molar-refractivity contribution is -0.134. The monoisotopic (exact) mass is 283 g/mol. The number of carbonyl (C=O) groups excluding carboxylic acids is 1. The molecule has 1 aromatic rings. The summed E-state index contributed by atoms with van der Waals surface area (Å²) in [5, 5.41) is 9.31. The minimum absolute atomic E-state index is 0.231. The van der Waals surface area contributed by atoms with Crippen LogP contribution in [-0.2, 0) is 9.59 Å². The second-order valence-electron chi connectivity index (χ2n) is 5.16. The van der Waals surface area contributed by atoms with E-state index in [2.05, 4.69) is 4.98 Å². The van der Waals surface area contributed by atoms with E-state index in [1.54, 1.807) is 24.4 Å². The van der Waals surface area contributed by atoms with Crippen molar-refractivity contribution >= 4 is 17.8 Å². The maximum Gasteiger partial charge on any atom is 0.339 e. The third-order valence-electron chi connectivity index (χ3n) is 3.24. The first-order chi connectivity index (χ1) is 9.97. The number of carboxylic acid groups (broad SMARTS) is 1. The second-order valence-corrected chi connectivity index (χ2v) is 5.16. The van der Waals surface area contributed by atoms with E-state index >= 15 is 0 Å². The van der Waals surface area contributed by atoms with E-state index in [-0.39, 0.29) is 11.5 Å². The summed E-state index contributed by atoms with van der Waals surface area (Å²) in [4.78, 5) is 27.8. The average Bonchev–Trinajstić information content (AvgIpc) is 2.44. The zero-order valence-corrected chi connectivity index (χ0v) is 12.0. The number of rotatable bonds is 4. The summed E-state index contributed by atoms with van der Waals surface area (Å²) >= 11 is 0. The molecule has 0 spiro atoms. The fraction of sp³-hybridized carbons (Fsp3) is 0.235. The lowest BCUT2D eigenvalue weighted by Gasteiger charge is -2.11. The van der Waals surface area contributed by atoms with Crippen LogP contribution in [0.25, 0.3) is 6.08 Å². The molecule has 0 aromatic carbocycles. The van der Waals surface area contributed by atoms with Crippen molar-refractivity contribution in [3.63, 3.8) is 0 Å². The quantitative estimate of drug-likeness (QED) is 0.524. The van der Waals surface area contributed by atoms with Gasteiger partial charge in [0.25, 0.3) is 0 Å². The van der Waals surface area contributed by atoms with Crippen LogP contribution < -0.4 is 0 Å². The molecular weight excluding hydrogens is 266 g/mol. The number of hydrogen-bond donors (Lipinski definition) is 1. The van der Waals surface area contributed by atoms with Gasteiger partial charge in [-0.1, -0.05) is 25.2 Å². The van der Waals surface area contributed by atoms with Gasteiger partial charge in [0.05, 0.1) is 0 Å². The fourth-order valence-electron chi connectivity index (χ4n) is 2.19. The SMILES string of the molecule is Cc1cc(/C=C(\C(=O)O)C(=O)C2=CC(C)CC=C2)ccn1. The van der Waals surface area contributed by atoms with Crippen LogP contribution in [0.4, 0.5) is 0 Å². The standard InChI is InChI=1S/C17H17NO3/c1-11-4-3-5-14(8-11)16(19)15(17(20)21)10-13-6-7-18-12(2)9-13/h3,5-11H,4H2,1-2H3,(H,20,21)/b15-10-. The first kappa shape index (κ1) is 14.9. The molecule has 0 aliphatic heterocycles. The molecule has 1 aliphatic carbocycles. The normalized spacial score (nSPS) is 18.3. The van der Waals surface area contributed by atoms with Gasteiger partial charge in [0.15, 0.2) is 5.78 Å². The number of carbonyl (C=O) groups is 2. The summed E-state index contributed by atoms with van der Waals surface area (Å²) in [5.41, 5.74) is 1.63. The van der Waals surface area contributed by atoms with Gasteiger partial charge < -0.3 is 5.11 Å². The van der Waals surface area contributed by atoms with Gasteiger partial charge in [-0.15, -0.1) is 0 Å². The minimum atomic E-state index is -1.22. The van der Waals surface area contributed by atoms with Gasteiger partial charge in [0, 0.05) is 17.5 Å². The summed E-state index contributed by atoms with van der Waals surface area (Å²) < 4.78 is 0. The Morgan fingerprint density at radius 2 is 2.19 bits per heavy atom. The van der Waals surface area contributed by atoms with E-state index in [4.69, 9.17) is 0 Å². The summed E-state index contributed by atoms with van der Waals surface area (Å²) in [6, 6.07) is 3.42. The van der Waals surface area contributed by atoms with Crippen LogP contribution in [0, 0.1) is 12.8 Å². The predicted octanol–water partition coefficient (Wildman–Crippen LogP) is 2.95. The zero-order valence-electron chi connectivity index (χ0n) is 12.0. The molecule has 1 N–H and O–H groups in total. The van der Waals surface area contributed by atoms with Crippen molar-refractivity contribution in [3.8, 4) is 0 Å². The number of nitrogens with zero attached hydrogens (tertiary/aromatic N) is 1. The summed E-state index contributed by atoms with van der Waals surface area (Å²) in [7, 11) is 0. The minimum Gasteiger partial charge on any atom is -0.478 e. The van der Waals surface area contributed by atoms with Crippen molar-refractivity contribution in [2.24, 2.45) is 5.92 Å². The van der Waals surface area contributed by atoms with Crippen molar-refractivity contribution < 1.29 is 14.7 Å². The lowest BCUT2D eigenvalue weighted by Crippen LogP contribution is -2.15. The molecule has 21 heavy (non-hydrogen) atoms. The number of allylic oxidation sites excluding steroid dienone is 4.